The standard InChI is InChI=1S/C34H43N3O2/c1-26(2)29-20-18-27(3)25-32(29)39-24-12-23-37-31-16-10-9-15-30(31)36-33(37)17-8-5-11-22-35-34(38)21-19-28-13-6-4-7-14-28/h4,6-7,9-10,13-16,18,20,25-26H,5,8,11-12,17,19,21-24H2,1-3H3,(H,35,38). The fraction of sp³-hybridized carbons (Fsp3) is 0.412. The largest absolute Gasteiger partial charge is 0.493 e. The van der Waals surface area contributed by atoms with Crippen molar-refractivity contribution in [3.05, 3.63) is 95.3 Å². The highest BCUT2D eigenvalue weighted by atomic mass is 16.5. The van der Waals surface area contributed by atoms with Crippen LogP contribution in [-0.2, 0) is 24.2 Å². The number of fused-ring (bicyclic) bond motifs is 1. The molecule has 39 heavy (non-hydrogen) atoms. The SMILES string of the molecule is Cc1ccc(C(C)C)c(OCCCn2c(CCCCCNC(=O)CCc3ccccc3)nc3ccccc32)c1. The van der Waals surface area contributed by atoms with Gasteiger partial charge in [0, 0.05) is 25.9 Å². The van der Waals surface area contributed by atoms with Crippen LogP contribution in [0.2, 0.25) is 0 Å². The Bertz CT molecular complexity index is 1330. The minimum Gasteiger partial charge on any atom is -0.493 e. The van der Waals surface area contributed by atoms with Gasteiger partial charge in [-0.2, -0.15) is 0 Å². The maximum Gasteiger partial charge on any atom is 0.220 e. The fourth-order valence-corrected chi connectivity index (χ4v) is 5.02. The third-order valence-electron chi connectivity index (χ3n) is 7.19. The summed E-state index contributed by atoms with van der Waals surface area (Å²) in [7, 11) is 0. The van der Waals surface area contributed by atoms with Crippen LogP contribution in [0.25, 0.3) is 11.0 Å². The van der Waals surface area contributed by atoms with Crippen molar-refractivity contribution in [3.63, 3.8) is 0 Å². The lowest BCUT2D eigenvalue weighted by Crippen LogP contribution is -2.24. The molecule has 1 aromatic heterocycles. The van der Waals surface area contributed by atoms with E-state index in [1.54, 1.807) is 0 Å². The van der Waals surface area contributed by atoms with E-state index >= 15 is 0 Å². The molecule has 206 valence electrons. The van der Waals surface area contributed by atoms with Gasteiger partial charge >= 0.3 is 0 Å². The first-order chi connectivity index (χ1) is 19.0. The fourth-order valence-electron chi connectivity index (χ4n) is 5.02. The first-order valence-corrected chi connectivity index (χ1v) is 14.5. The number of aryl methyl sites for hydroxylation is 4. The van der Waals surface area contributed by atoms with E-state index in [-0.39, 0.29) is 5.91 Å². The number of carbonyl (C=O) groups excluding carboxylic acids is 1. The molecule has 0 aliphatic rings. The van der Waals surface area contributed by atoms with E-state index in [1.165, 1.54) is 22.2 Å². The number of amides is 1. The second-order valence-electron chi connectivity index (χ2n) is 10.7. The molecule has 1 amide bonds. The molecule has 0 bridgehead atoms. The number of carbonyl (C=O) groups is 1. The van der Waals surface area contributed by atoms with E-state index < -0.39 is 0 Å². The molecule has 0 radical (unpaired) electrons. The van der Waals surface area contributed by atoms with Crippen LogP contribution >= 0.6 is 0 Å². The summed E-state index contributed by atoms with van der Waals surface area (Å²) in [5, 5.41) is 3.07. The molecule has 0 fully saturated rings. The molecular formula is C34H43N3O2. The zero-order valence-electron chi connectivity index (χ0n) is 23.8. The predicted octanol–water partition coefficient (Wildman–Crippen LogP) is 7.40. The lowest BCUT2D eigenvalue weighted by molar-refractivity contribution is -0.121. The highest BCUT2D eigenvalue weighted by Gasteiger charge is 2.12. The molecule has 4 rings (SSSR count). The highest BCUT2D eigenvalue weighted by Crippen LogP contribution is 2.28. The topological polar surface area (TPSA) is 56.1 Å². The van der Waals surface area contributed by atoms with Gasteiger partial charge in [0.1, 0.15) is 11.6 Å². The van der Waals surface area contributed by atoms with Gasteiger partial charge < -0.3 is 14.6 Å². The van der Waals surface area contributed by atoms with Gasteiger partial charge in [0.05, 0.1) is 17.6 Å². The van der Waals surface area contributed by atoms with Crippen LogP contribution in [0.15, 0.2) is 72.8 Å². The van der Waals surface area contributed by atoms with Crippen LogP contribution in [-0.4, -0.2) is 28.6 Å². The van der Waals surface area contributed by atoms with Crippen LogP contribution < -0.4 is 10.1 Å². The molecule has 1 heterocycles. The van der Waals surface area contributed by atoms with Gasteiger partial charge in [-0.1, -0.05) is 74.9 Å². The van der Waals surface area contributed by atoms with Crippen LogP contribution in [0.4, 0.5) is 0 Å². The van der Waals surface area contributed by atoms with E-state index in [2.05, 4.69) is 85.3 Å². The molecule has 1 N–H and O–H groups in total. The summed E-state index contributed by atoms with van der Waals surface area (Å²) in [6.07, 6.45) is 6.30. The summed E-state index contributed by atoms with van der Waals surface area (Å²) in [5.74, 6) is 2.72. The molecule has 0 saturated heterocycles. The van der Waals surface area contributed by atoms with Crippen LogP contribution in [0, 0.1) is 6.92 Å². The number of rotatable bonds is 15. The second-order valence-corrected chi connectivity index (χ2v) is 10.7. The average Bonchev–Trinajstić information content (AvgIpc) is 3.29. The van der Waals surface area contributed by atoms with Gasteiger partial charge in [-0.3, -0.25) is 4.79 Å². The quantitative estimate of drug-likeness (QED) is 0.165. The van der Waals surface area contributed by atoms with Crippen molar-refractivity contribution in [2.45, 2.75) is 78.2 Å². The summed E-state index contributed by atoms with van der Waals surface area (Å²) >= 11 is 0. The first-order valence-electron chi connectivity index (χ1n) is 14.5. The average molecular weight is 526 g/mol. The zero-order chi connectivity index (χ0) is 27.5. The van der Waals surface area contributed by atoms with Gasteiger partial charge in [0.2, 0.25) is 5.91 Å². The second kappa shape index (κ2) is 14.5. The van der Waals surface area contributed by atoms with E-state index in [9.17, 15) is 4.79 Å². The molecule has 0 atom stereocenters. The maximum atomic E-state index is 12.2. The summed E-state index contributed by atoms with van der Waals surface area (Å²) < 4.78 is 8.61. The number of benzene rings is 3. The van der Waals surface area contributed by atoms with Gasteiger partial charge in [0.25, 0.3) is 0 Å². The number of aromatic nitrogens is 2. The number of ether oxygens (including phenoxy) is 1. The molecular weight excluding hydrogens is 482 g/mol. The number of nitrogens with one attached hydrogen (secondary N) is 1. The summed E-state index contributed by atoms with van der Waals surface area (Å²) in [5.41, 5.74) is 5.94. The van der Waals surface area contributed by atoms with Crippen LogP contribution in [0.1, 0.15) is 74.4 Å². The van der Waals surface area contributed by atoms with Crippen molar-refractivity contribution in [2.24, 2.45) is 0 Å². The Kier molecular flexibility index (Phi) is 10.6. The Morgan fingerprint density at radius 2 is 1.72 bits per heavy atom. The number of nitrogens with zero attached hydrogens (tertiary/aromatic N) is 2. The highest BCUT2D eigenvalue weighted by molar-refractivity contribution is 5.76. The number of para-hydroxylation sites is 2. The summed E-state index contributed by atoms with van der Waals surface area (Å²) in [6, 6.07) is 25.1. The Balaban J connectivity index is 1.22. The number of hydrogen-bond acceptors (Lipinski definition) is 3. The summed E-state index contributed by atoms with van der Waals surface area (Å²) in [6.45, 7) is 8.83. The van der Waals surface area contributed by atoms with Gasteiger partial charge in [-0.05, 0) is 73.4 Å². The van der Waals surface area contributed by atoms with Crippen molar-refractivity contribution in [3.8, 4) is 5.75 Å². The lowest BCUT2D eigenvalue weighted by atomic mass is 10.0. The number of hydrogen-bond donors (Lipinski definition) is 1. The maximum absolute atomic E-state index is 12.2. The van der Waals surface area contributed by atoms with Crippen LogP contribution in [0.3, 0.4) is 0 Å². The van der Waals surface area contributed by atoms with E-state index in [0.29, 0.717) is 18.9 Å². The monoisotopic (exact) mass is 525 g/mol. The van der Waals surface area contributed by atoms with Crippen molar-refractivity contribution in [2.75, 3.05) is 13.2 Å². The smallest absolute Gasteiger partial charge is 0.220 e. The Hall–Kier alpha value is -3.60. The Morgan fingerprint density at radius 3 is 2.54 bits per heavy atom. The third kappa shape index (κ3) is 8.44. The number of imidazole rings is 1. The predicted molar refractivity (Wildman–Crippen MR) is 160 cm³/mol. The Labute approximate surface area is 233 Å². The van der Waals surface area contributed by atoms with Crippen LogP contribution in [0.5, 0.6) is 5.75 Å². The van der Waals surface area contributed by atoms with Crippen molar-refractivity contribution < 1.29 is 9.53 Å². The van der Waals surface area contributed by atoms with E-state index in [4.69, 9.17) is 9.72 Å². The molecule has 4 aromatic rings. The number of unbranched alkanes of at least 4 members (excludes halogenated alkanes) is 2. The molecule has 5 heteroatoms. The van der Waals surface area contributed by atoms with Gasteiger partial charge in [-0.25, -0.2) is 4.98 Å². The molecule has 0 saturated carbocycles. The van der Waals surface area contributed by atoms with Gasteiger partial charge in [-0.15, -0.1) is 0 Å². The normalized spacial score (nSPS) is 11.3. The third-order valence-corrected chi connectivity index (χ3v) is 7.19. The Morgan fingerprint density at radius 1 is 0.923 bits per heavy atom. The summed E-state index contributed by atoms with van der Waals surface area (Å²) in [4.78, 5) is 17.1. The minimum absolute atomic E-state index is 0.133. The van der Waals surface area contributed by atoms with E-state index in [0.717, 1.165) is 68.7 Å². The van der Waals surface area contributed by atoms with Crippen molar-refractivity contribution in [1.82, 2.24) is 14.9 Å². The molecule has 0 unspecified atom stereocenters. The lowest BCUT2D eigenvalue weighted by Gasteiger charge is -2.15. The molecule has 5 nitrogen and oxygen atoms in total. The zero-order valence-corrected chi connectivity index (χ0v) is 23.8. The van der Waals surface area contributed by atoms with Crippen molar-refractivity contribution >= 4 is 16.9 Å². The minimum atomic E-state index is 0.133. The molecule has 3 aromatic carbocycles. The molecule has 0 aliphatic carbocycles. The first kappa shape index (κ1) is 28.4. The van der Waals surface area contributed by atoms with Gasteiger partial charge in [0.15, 0.2) is 0 Å². The molecule has 0 spiro atoms. The van der Waals surface area contributed by atoms with E-state index in [1.807, 2.05) is 18.2 Å². The van der Waals surface area contributed by atoms with Crippen molar-refractivity contribution in [1.29, 1.82) is 0 Å². The molecule has 0 aliphatic heterocycles.